The number of halogens is 3. The van der Waals surface area contributed by atoms with E-state index in [1.165, 1.54) is 6.07 Å². The van der Waals surface area contributed by atoms with E-state index in [0.717, 1.165) is 6.07 Å². The van der Waals surface area contributed by atoms with Gasteiger partial charge in [0.15, 0.2) is 0 Å². The molecule has 0 saturated heterocycles. The van der Waals surface area contributed by atoms with Crippen molar-refractivity contribution in [1.82, 2.24) is 0 Å². The van der Waals surface area contributed by atoms with E-state index in [-0.39, 0.29) is 12.0 Å². The Hall–Kier alpha value is -2.16. The summed E-state index contributed by atoms with van der Waals surface area (Å²) in [7, 11) is 0. The van der Waals surface area contributed by atoms with Crippen molar-refractivity contribution in [2.75, 3.05) is 0 Å². The Labute approximate surface area is 95.0 Å². The van der Waals surface area contributed by atoms with E-state index < -0.39 is 23.4 Å². The van der Waals surface area contributed by atoms with Crippen LogP contribution in [0.5, 0.6) is 5.75 Å². The van der Waals surface area contributed by atoms with Crippen molar-refractivity contribution in [2.45, 2.75) is 12.6 Å². The molecule has 0 saturated carbocycles. The van der Waals surface area contributed by atoms with E-state index in [1.54, 1.807) is 0 Å². The van der Waals surface area contributed by atoms with E-state index in [1.807, 2.05) is 0 Å². The van der Waals surface area contributed by atoms with Crippen LogP contribution < -0.4 is 5.73 Å². The second-order valence-electron chi connectivity index (χ2n) is 3.17. The van der Waals surface area contributed by atoms with Crippen molar-refractivity contribution in [1.29, 1.82) is 0 Å². The minimum absolute atomic E-state index is 0.0522. The number of phenols is 1. The van der Waals surface area contributed by atoms with Gasteiger partial charge >= 0.3 is 6.18 Å². The van der Waals surface area contributed by atoms with Crippen molar-refractivity contribution < 1.29 is 23.1 Å². The minimum Gasteiger partial charge on any atom is -0.507 e. The molecule has 0 spiro atoms. The molecule has 17 heavy (non-hydrogen) atoms. The summed E-state index contributed by atoms with van der Waals surface area (Å²) in [5.74, 6) is 3.16. The van der Waals surface area contributed by atoms with Crippen molar-refractivity contribution in [2.24, 2.45) is 5.73 Å². The highest BCUT2D eigenvalue weighted by Gasteiger charge is 2.33. The lowest BCUT2D eigenvalue weighted by atomic mass is 10.1. The monoisotopic (exact) mass is 243 g/mol. The lowest BCUT2D eigenvalue weighted by Crippen LogP contribution is -2.08. The predicted molar refractivity (Wildman–Crippen MR) is 53.8 cm³/mol. The molecule has 0 unspecified atom stereocenters. The molecule has 90 valence electrons. The number of nitrogens with two attached hydrogens (primary N) is 1. The van der Waals surface area contributed by atoms with Crippen LogP contribution in [0.3, 0.4) is 0 Å². The molecule has 6 heteroatoms. The lowest BCUT2D eigenvalue weighted by molar-refractivity contribution is -0.138. The molecule has 0 aliphatic rings. The molecule has 3 N–H and O–H groups in total. The molecule has 0 fully saturated rings. The molecule has 0 aliphatic heterocycles. The van der Waals surface area contributed by atoms with Crippen LogP contribution in [0, 0.1) is 11.8 Å². The number of phenolic OH excluding ortho intramolecular Hbond substituents is 1. The molecule has 0 radical (unpaired) electrons. The summed E-state index contributed by atoms with van der Waals surface area (Å²) in [5, 5.41) is 9.04. The molecule has 1 aromatic rings. The Morgan fingerprint density at radius 2 is 2.06 bits per heavy atom. The van der Waals surface area contributed by atoms with Crippen LogP contribution in [0.15, 0.2) is 18.2 Å². The number of carbonyl (C=O) groups is 1. The van der Waals surface area contributed by atoms with Gasteiger partial charge in [-0.25, -0.2) is 0 Å². The van der Waals surface area contributed by atoms with Crippen LogP contribution in [0.2, 0.25) is 0 Å². The summed E-state index contributed by atoms with van der Waals surface area (Å²) in [4.78, 5) is 10.4. The maximum Gasteiger partial charge on any atom is 0.419 e. The first-order chi connectivity index (χ1) is 7.80. The molecule has 1 aromatic carbocycles. The molecule has 1 amide bonds. The standard InChI is InChI=1S/C11H8F3NO2/c12-11(13,14)8-6-7(4-5-9(8)16)2-1-3-10(15)17/h4-6,16H,3H2,(H2,15,17). The van der Waals surface area contributed by atoms with Crippen molar-refractivity contribution in [3.63, 3.8) is 0 Å². The van der Waals surface area contributed by atoms with Gasteiger partial charge in [-0.15, -0.1) is 0 Å². The molecular formula is C11H8F3NO2. The topological polar surface area (TPSA) is 63.3 Å². The van der Waals surface area contributed by atoms with Gasteiger partial charge in [-0.1, -0.05) is 11.8 Å². The Morgan fingerprint density at radius 3 is 2.59 bits per heavy atom. The van der Waals surface area contributed by atoms with Gasteiger partial charge in [0.05, 0.1) is 12.0 Å². The molecule has 0 bridgehead atoms. The number of hydrogen-bond donors (Lipinski definition) is 2. The van der Waals surface area contributed by atoms with E-state index in [0.29, 0.717) is 6.07 Å². The van der Waals surface area contributed by atoms with E-state index in [2.05, 4.69) is 11.8 Å². The molecule has 0 atom stereocenters. The van der Waals surface area contributed by atoms with Gasteiger partial charge in [0.1, 0.15) is 5.75 Å². The molecule has 3 nitrogen and oxygen atoms in total. The fourth-order valence-corrected chi connectivity index (χ4v) is 1.07. The number of carbonyl (C=O) groups excluding carboxylic acids is 1. The number of amides is 1. The molecule has 0 heterocycles. The quantitative estimate of drug-likeness (QED) is 0.736. The normalized spacial score (nSPS) is 10.5. The van der Waals surface area contributed by atoms with Gasteiger partial charge in [0.2, 0.25) is 5.91 Å². The van der Waals surface area contributed by atoms with Crippen molar-refractivity contribution in [3.8, 4) is 17.6 Å². The zero-order chi connectivity index (χ0) is 13.1. The summed E-state index contributed by atoms with van der Waals surface area (Å²) in [5.41, 5.74) is 3.71. The highest BCUT2D eigenvalue weighted by atomic mass is 19.4. The van der Waals surface area contributed by atoms with Gasteiger partial charge in [-0.05, 0) is 18.2 Å². The van der Waals surface area contributed by atoms with Gasteiger partial charge in [-0.3, -0.25) is 4.79 Å². The summed E-state index contributed by atoms with van der Waals surface area (Å²) < 4.78 is 37.2. The van der Waals surface area contributed by atoms with E-state index in [9.17, 15) is 18.0 Å². The largest absolute Gasteiger partial charge is 0.507 e. The lowest BCUT2D eigenvalue weighted by Gasteiger charge is -2.08. The second-order valence-corrected chi connectivity index (χ2v) is 3.17. The minimum atomic E-state index is -4.65. The third-order valence-electron chi connectivity index (χ3n) is 1.80. The fraction of sp³-hybridized carbons (Fsp3) is 0.182. The van der Waals surface area contributed by atoms with Gasteiger partial charge in [-0.2, -0.15) is 13.2 Å². The summed E-state index contributed by atoms with van der Waals surface area (Å²) >= 11 is 0. The van der Waals surface area contributed by atoms with Gasteiger partial charge in [0.25, 0.3) is 0 Å². The zero-order valence-corrected chi connectivity index (χ0v) is 8.51. The van der Waals surface area contributed by atoms with Crippen LogP contribution in [0.4, 0.5) is 13.2 Å². The van der Waals surface area contributed by atoms with Crippen molar-refractivity contribution in [3.05, 3.63) is 29.3 Å². The highest BCUT2D eigenvalue weighted by Crippen LogP contribution is 2.35. The molecular weight excluding hydrogens is 235 g/mol. The number of primary amides is 1. The second kappa shape index (κ2) is 4.78. The Bertz CT molecular complexity index is 498. The van der Waals surface area contributed by atoms with E-state index >= 15 is 0 Å². The van der Waals surface area contributed by atoms with Crippen LogP contribution in [0.25, 0.3) is 0 Å². The molecule has 1 rings (SSSR count). The third kappa shape index (κ3) is 3.72. The fourth-order valence-electron chi connectivity index (χ4n) is 1.07. The van der Waals surface area contributed by atoms with Crippen LogP contribution >= 0.6 is 0 Å². The number of aromatic hydroxyl groups is 1. The van der Waals surface area contributed by atoms with Crippen LogP contribution in [0.1, 0.15) is 17.5 Å². The van der Waals surface area contributed by atoms with Crippen LogP contribution in [-0.4, -0.2) is 11.0 Å². The summed E-state index contributed by atoms with van der Waals surface area (Å²) in [6, 6.07) is 2.83. The number of rotatable bonds is 1. The highest BCUT2D eigenvalue weighted by molar-refractivity contribution is 5.76. The van der Waals surface area contributed by atoms with Gasteiger partial charge in [0, 0.05) is 5.56 Å². The predicted octanol–water partition coefficient (Wildman–Crippen LogP) is 1.64. The summed E-state index contributed by atoms with van der Waals surface area (Å²) in [6.45, 7) is 0. The first-order valence-electron chi connectivity index (χ1n) is 4.48. The SMILES string of the molecule is NC(=O)CC#Cc1ccc(O)c(C(F)(F)F)c1. The molecule has 0 aliphatic carbocycles. The number of alkyl halides is 3. The third-order valence-corrected chi connectivity index (χ3v) is 1.80. The zero-order valence-electron chi connectivity index (χ0n) is 8.51. The molecule has 0 aromatic heterocycles. The van der Waals surface area contributed by atoms with Gasteiger partial charge < -0.3 is 10.8 Å². The smallest absolute Gasteiger partial charge is 0.419 e. The number of hydrogen-bond acceptors (Lipinski definition) is 2. The van der Waals surface area contributed by atoms with E-state index in [4.69, 9.17) is 10.8 Å². The first kappa shape index (κ1) is 12.9. The summed E-state index contributed by atoms with van der Waals surface area (Å²) in [6.07, 6.45) is -4.88. The maximum absolute atomic E-state index is 12.4. The van der Waals surface area contributed by atoms with Crippen LogP contribution in [-0.2, 0) is 11.0 Å². The Kier molecular flexibility index (Phi) is 3.63. The van der Waals surface area contributed by atoms with Crippen molar-refractivity contribution >= 4 is 5.91 Å². The average molecular weight is 243 g/mol. The Morgan fingerprint density at radius 1 is 1.41 bits per heavy atom. The Balaban J connectivity index is 3.04. The maximum atomic E-state index is 12.4. The first-order valence-corrected chi connectivity index (χ1v) is 4.48. The number of benzene rings is 1. The average Bonchev–Trinajstić information content (AvgIpc) is 2.18.